The SMILES string of the molecule is Nc1cc(NC(=O)CCN2CCNC2=O)ccc1F. The predicted molar refractivity (Wildman–Crippen MR) is 69.0 cm³/mol. The van der Waals surface area contributed by atoms with Crippen molar-refractivity contribution >= 4 is 23.3 Å². The third kappa shape index (κ3) is 3.34. The van der Waals surface area contributed by atoms with Gasteiger partial charge in [0.1, 0.15) is 5.82 Å². The van der Waals surface area contributed by atoms with E-state index < -0.39 is 5.82 Å². The highest BCUT2D eigenvalue weighted by atomic mass is 19.1. The average molecular weight is 266 g/mol. The minimum Gasteiger partial charge on any atom is -0.396 e. The maximum atomic E-state index is 12.9. The molecular formula is C12H15FN4O2. The van der Waals surface area contributed by atoms with Crippen LogP contribution in [-0.2, 0) is 4.79 Å². The minimum atomic E-state index is -0.522. The Morgan fingerprint density at radius 2 is 2.32 bits per heavy atom. The number of nitrogen functional groups attached to an aromatic ring is 1. The molecule has 6 nitrogen and oxygen atoms in total. The Bertz CT molecular complexity index is 507. The molecule has 19 heavy (non-hydrogen) atoms. The molecule has 4 N–H and O–H groups in total. The smallest absolute Gasteiger partial charge is 0.317 e. The standard InChI is InChI=1S/C12H15FN4O2/c13-9-2-1-8(7-10(9)14)16-11(18)3-5-17-6-4-15-12(17)19/h1-2,7H,3-6,14H2,(H,15,19)(H,16,18). The van der Waals surface area contributed by atoms with E-state index in [0.717, 1.165) is 0 Å². The predicted octanol–water partition coefficient (Wildman–Crippen LogP) is 0.762. The number of urea groups is 1. The molecule has 1 aliphatic rings. The molecule has 1 saturated heterocycles. The van der Waals surface area contributed by atoms with Crippen LogP contribution in [0.4, 0.5) is 20.6 Å². The van der Waals surface area contributed by atoms with Gasteiger partial charge in [0.25, 0.3) is 0 Å². The van der Waals surface area contributed by atoms with Crippen LogP contribution in [0.2, 0.25) is 0 Å². The normalized spacial score (nSPS) is 14.4. The van der Waals surface area contributed by atoms with Crippen molar-refractivity contribution in [1.82, 2.24) is 10.2 Å². The molecule has 1 aliphatic heterocycles. The van der Waals surface area contributed by atoms with Gasteiger partial charge < -0.3 is 21.3 Å². The van der Waals surface area contributed by atoms with Gasteiger partial charge >= 0.3 is 6.03 Å². The molecule has 3 amide bonds. The summed E-state index contributed by atoms with van der Waals surface area (Å²) in [7, 11) is 0. The van der Waals surface area contributed by atoms with E-state index >= 15 is 0 Å². The van der Waals surface area contributed by atoms with E-state index in [0.29, 0.717) is 25.3 Å². The molecule has 102 valence electrons. The van der Waals surface area contributed by atoms with Gasteiger partial charge in [0.05, 0.1) is 5.69 Å². The number of benzene rings is 1. The van der Waals surface area contributed by atoms with Crippen LogP contribution in [-0.4, -0.2) is 36.5 Å². The summed E-state index contributed by atoms with van der Waals surface area (Å²) in [5.74, 6) is -0.766. The molecule has 1 aromatic rings. The molecule has 1 fully saturated rings. The van der Waals surface area contributed by atoms with Gasteiger partial charge in [0.15, 0.2) is 0 Å². The largest absolute Gasteiger partial charge is 0.396 e. The molecule has 0 aromatic heterocycles. The number of nitrogens with two attached hydrogens (primary N) is 1. The lowest BCUT2D eigenvalue weighted by atomic mass is 10.2. The average Bonchev–Trinajstić information content (AvgIpc) is 2.77. The Morgan fingerprint density at radius 3 is 2.95 bits per heavy atom. The maximum Gasteiger partial charge on any atom is 0.317 e. The summed E-state index contributed by atoms with van der Waals surface area (Å²) < 4.78 is 12.9. The van der Waals surface area contributed by atoms with Crippen molar-refractivity contribution in [2.45, 2.75) is 6.42 Å². The van der Waals surface area contributed by atoms with Crippen LogP contribution in [0, 0.1) is 5.82 Å². The highest BCUT2D eigenvalue weighted by molar-refractivity contribution is 5.91. The summed E-state index contributed by atoms with van der Waals surface area (Å²) in [5.41, 5.74) is 5.82. The van der Waals surface area contributed by atoms with E-state index in [2.05, 4.69) is 10.6 Å². The van der Waals surface area contributed by atoms with Crippen molar-refractivity contribution in [3.05, 3.63) is 24.0 Å². The minimum absolute atomic E-state index is 0.0169. The number of hydrogen-bond donors (Lipinski definition) is 3. The summed E-state index contributed by atoms with van der Waals surface area (Å²) in [6.45, 7) is 1.57. The monoisotopic (exact) mass is 266 g/mol. The Balaban J connectivity index is 1.83. The number of nitrogens with one attached hydrogen (secondary N) is 2. The zero-order valence-corrected chi connectivity index (χ0v) is 10.3. The first kappa shape index (κ1) is 13.1. The first-order chi connectivity index (χ1) is 9.06. The molecule has 1 aromatic carbocycles. The lowest BCUT2D eigenvalue weighted by molar-refractivity contribution is -0.116. The van der Waals surface area contributed by atoms with Gasteiger partial charge in [-0.1, -0.05) is 0 Å². The third-order valence-corrected chi connectivity index (χ3v) is 2.83. The number of carbonyl (C=O) groups excluding carboxylic acids is 2. The van der Waals surface area contributed by atoms with Gasteiger partial charge in [-0.15, -0.1) is 0 Å². The summed E-state index contributed by atoms with van der Waals surface area (Å²) >= 11 is 0. The van der Waals surface area contributed by atoms with E-state index in [4.69, 9.17) is 5.73 Å². The Hall–Kier alpha value is -2.31. The van der Waals surface area contributed by atoms with Crippen molar-refractivity contribution in [2.24, 2.45) is 0 Å². The molecule has 0 aliphatic carbocycles. The summed E-state index contributed by atoms with van der Waals surface area (Å²) in [6, 6.07) is 3.83. The summed E-state index contributed by atoms with van der Waals surface area (Å²) in [4.78, 5) is 24.5. The van der Waals surface area contributed by atoms with E-state index in [1.165, 1.54) is 18.2 Å². The summed E-state index contributed by atoms with van der Waals surface area (Å²) in [6.07, 6.45) is 0.185. The summed E-state index contributed by atoms with van der Waals surface area (Å²) in [5, 5.41) is 5.26. The Morgan fingerprint density at radius 1 is 1.53 bits per heavy atom. The quantitative estimate of drug-likeness (QED) is 0.703. The van der Waals surface area contributed by atoms with E-state index in [9.17, 15) is 14.0 Å². The molecule has 2 rings (SSSR count). The van der Waals surface area contributed by atoms with E-state index in [1.807, 2.05) is 0 Å². The van der Waals surface area contributed by atoms with Crippen molar-refractivity contribution in [3.8, 4) is 0 Å². The zero-order chi connectivity index (χ0) is 13.8. The van der Waals surface area contributed by atoms with Crippen LogP contribution in [0.15, 0.2) is 18.2 Å². The van der Waals surface area contributed by atoms with Crippen LogP contribution >= 0.6 is 0 Å². The highest BCUT2D eigenvalue weighted by Crippen LogP contribution is 2.16. The number of anilines is 2. The fourth-order valence-corrected chi connectivity index (χ4v) is 1.81. The van der Waals surface area contributed by atoms with E-state index in [1.54, 1.807) is 4.90 Å². The topological polar surface area (TPSA) is 87.5 Å². The molecule has 0 saturated carbocycles. The van der Waals surface area contributed by atoms with Crippen molar-refractivity contribution < 1.29 is 14.0 Å². The lowest BCUT2D eigenvalue weighted by Gasteiger charge is -2.13. The highest BCUT2D eigenvalue weighted by Gasteiger charge is 2.19. The maximum absolute atomic E-state index is 12.9. The molecule has 0 bridgehead atoms. The third-order valence-electron chi connectivity index (χ3n) is 2.83. The van der Waals surface area contributed by atoms with Crippen LogP contribution in [0.5, 0.6) is 0 Å². The second kappa shape index (κ2) is 5.55. The first-order valence-corrected chi connectivity index (χ1v) is 5.94. The van der Waals surface area contributed by atoms with Crippen LogP contribution < -0.4 is 16.4 Å². The zero-order valence-electron chi connectivity index (χ0n) is 10.3. The molecule has 7 heteroatoms. The molecule has 0 radical (unpaired) electrons. The second-order valence-electron chi connectivity index (χ2n) is 4.25. The number of rotatable bonds is 4. The number of hydrogen-bond acceptors (Lipinski definition) is 3. The Kier molecular flexibility index (Phi) is 3.84. The van der Waals surface area contributed by atoms with Gasteiger partial charge in [-0.2, -0.15) is 0 Å². The van der Waals surface area contributed by atoms with Crippen molar-refractivity contribution in [3.63, 3.8) is 0 Å². The lowest BCUT2D eigenvalue weighted by Crippen LogP contribution is -2.31. The molecule has 0 unspecified atom stereocenters. The van der Waals surface area contributed by atoms with Gasteiger partial charge in [-0.25, -0.2) is 9.18 Å². The fraction of sp³-hybridized carbons (Fsp3) is 0.333. The Labute approximate surface area is 109 Å². The van der Waals surface area contributed by atoms with Crippen molar-refractivity contribution in [2.75, 3.05) is 30.7 Å². The number of halogens is 1. The molecular weight excluding hydrogens is 251 g/mol. The van der Waals surface area contributed by atoms with Crippen LogP contribution in [0.1, 0.15) is 6.42 Å². The van der Waals surface area contributed by atoms with Gasteiger partial charge in [0.2, 0.25) is 5.91 Å². The number of amides is 3. The molecule has 0 spiro atoms. The second-order valence-corrected chi connectivity index (χ2v) is 4.25. The van der Waals surface area contributed by atoms with Gasteiger partial charge in [-0.05, 0) is 18.2 Å². The number of carbonyl (C=O) groups is 2. The van der Waals surface area contributed by atoms with E-state index in [-0.39, 0.29) is 24.0 Å². The van der Waals surface area contributed by atoms with Crippen LogP contribution in [0.3, 0.4) is 0 Å². The van der Waals surface area contributed by atoms with Gasteiger partial charge in [-0.3, -0.25) is 4.79 Å². The molecule has 0 atom stereocenters. The molecule has 1 heterocycles. The van der Waals surface area contributed by atoms with Crippen molar-refractivity contribution in [1.29, 1.82) is 0 Å². The number of nitrogens with zero attached hydrogens (tertiary/aromatic N) is 1. The fourth-order valence-electron chi connectivity index (χ4n) is 1.81. The van der Waals surface area contributed by atoms with Crippen LogP contribution in [0.25, 0.3) is 0 Å². The first-order valence-electron chi connectivity index (χ1n) is 5.94. The van der Waals surface area contributed by atoms with Gasteiger partial charge in [0, 0.05) is 31.7 Å².